The van der Waals surface area contributed by atoms with Crippen molar-refractivity contribution >= 4 is 12.3 Å². The van der Waals surface area contributed by atoms with Crippen LogP contribution in [0.3, 0.4) is 0 Å². The van der Waals surface area contributed by atoms with Gasteiger partial charge in [-0.1, -0.05) is 12.1 Å². The monoisotopic (exact) mass is 372 g/mol. The first-order chi connectivity index (χ1) is 13.0. The quantitative estimate of drug-likeness (QED) is 0.780. The van der Waals surface area contributed by atoms with Crippen LogP contribution in [-0.2, 0) is 11.3 Å². The van der Waals surface area contributed by atoms with E-state index < -0.39 is 0 Å². The Morgan fingerprint density at radius 2 is 2.04 bits per heavy atom. The molecule has 2 aliphatic heterocycles. The summed E-state index contributed by atoms with van der Waals surface area (Å²) in [6.45, 7) is 2.62. The molecule has 8 heteroatoms. The maximum Gasteiger partial charge on any atom is 0.257 e. The fraction of sp³-hybridized carbons (Fsp3) is 0.421. The van der Waals surface area contributed by atoms with Gasteiger partial charge in [0, 0.05) is 50.3 Å². The molecule has 27 heavy (non-hydrogen) atoms. The van der Waals surface area contributed by atoms with Crippen LogP contribution in [0.2, 0.25) is 0 Å². The van der Waals surface area contributed by atoms with E-state index in [-0.39, 0.29) is 29.7 Å². The number of likely N-dealkylation sites (tertiary alicyclic amines) is 2. The van der Waals surface area contributed by atoms with Gasteiger partial charge < -0.3 is 14.9 Å². The highest BCUT2D eigenvalue weighted by molar-refractivity contribution is 5.94. The Kier molecular flexibility index (Phi) is 4.43. The summed E-state index contributed by atoms with van der Waals surface area (Å²) in [5, 5.41) is 13.9. The number of aromatic nitrogens is 2. The molecule has 0 aliphatic carbocycles. The third kappa shape index (κ3) is 3.21. The minimum Gasteiger partial charge on any atom is -0.396 e. The molecule has 7 nitrogen and oxygen atoms in total. The molecule has 2 saturated heterocycles. The summed E-state index contributed by atoms with van der Waals surface area (Å²) < 4.78 is 14.6. The fourth-order valence-corrected chi connectivity index (χ4v) is 4.15. The first-order valence-electron chi connectivity index (χ1n) is 8.89. The first-order valence-corrected chi connectivity index (χ1v) is 8.89. The van der Waals surface area contributed by atoms with Crippen LogP contribution in [0.1, 0.15) is 15.9 Å². The molecular weight excluding hydrogens is 351 g/mol. The van der Waals surface area contributed by atoms with Crippen molar-refractivity contribution < 1.29 is 19.1 Å². The van der Waals surface area contributed by atoms with Gasteiger partial charge in [0.2, 0.25) is 6.41 Å². The van der Waals surface area contributed by atoms with Crippen LogP contribution < -0.4 is 0 Å². The minimum absolute atomic E-state index is 0.000303. The van der Waals surface area contributed by atoms with Gasteiger partial charge in [-0.15, -0.1) is 0 Å². The van der Waals surface area contributed by atoms with Crippen molar-refractivity contribution in [3.8, 4) is 0 Å². The lowest BCUT2D eigenvalue weighted by Gasteiger charge is -2.48. The van der Waals surface area contributed by atoms with Crippen molar-refractivity contribution in [1.29, 1.82) is 0 Å². The van der Waals surface area contributed by atoms with Gasteiger partial charge in [0.1, 0.15) is 5.82 Å². The molecule has 1 atom stereocenters. The second kappa shape index (κ2) is 6.77. The van der Waals surface area contributed by atoms with Crippen LogP contribution >= 0.6 is 0 Å². The van der Waals surface area contributed by atoms with E-state index in [0.29, 0.717) is 38.3 Å². The number of nitrogens with zero attached hydrogens (tertiary/aromatic N) is 4. The molecule has 3 heterocycles. The second-order valence-electron chi connectivity index (χ2n) is 7.49. The van der Waals surface area contributed by atoms with Gasteiger partial charge in [0.05, 0.1) is 18.3 Å². The Morgan fingerprint density at radius 3 is 2.70 bits per heavy atom. The van der Waals surface area contributed by atoms with E-state index in [4.69, 9.17) is 0 Å². The van der Waals surface area contributed by atoms with E-state index in [9.17, 15) is 19.1 Å². The summed E-state index contributed by atoms with van der Waals surface area (Å²) in [6.07, 6.45) is 4.02. The van der Waals surface area contributed by atoms with Gasteiger partial charge in [-0.05, 0) is 17.7 Å². The Balaban J connectivity index is 1.43. The van der Waals surface area contributed by atoms with E-state index in [1.54, 1.807) is 32.8 Å². The van der Waals surface area contributed by atoms with E-state index in [1.807, 2.05) is 0 Å². The smallest absolute Gasteiger partial charge is 0.257 e. The molecule has 0 saturated carbocycles. The lowest BCUT2D eigenvalue weighted by molar-refractivity contribution is -0.131. The Labute approximate surface area is 156 Å². The number of aliphatic hydroxyl groups is 1. The lowest BCUT2D eigenvalue weighted by Crippen LogP contribution is -2.60. The van der Waals surface area contributed by atoms with Crippen molar-refractivity contribution in [1.82, 2.24) is 19.6 Å². The molecule has 1 spiro atoms. The number of amides is 2. The molecule has 1 aromatic carbocycles. The van der Waals surface area contributed by atoms with Gasteiger partial charge in [0.15, 0.2) is 0 Å². The van der Waals surface area contributed by atoms with Crippen LogP contribution in [0.5, 0.6) is 0 Å². The Bertz CT molecular complexity index is 845. The van der Waals surface area contributed by atoms with Crippen LogP contribution in [-0.4, -0.2) is 69.8 Å². The summed E-state index contributed by atoms with van der Waals surface area (Å²) in [6, 6.07) is 6.16. The van der Waals surface area contributed by atoms with E-state index in [0.717, 1.165) is 12.0 Å². The number of benzene rings is 1. The number of hydrogen-bond acceptors (Lipinski definition) is 4. The molecule has 0 radical (unpaired) electrons. The summed E-state index contributed by atoms with van der Waals surface area (Å²) in [7, 11) is 0. The van der Waals surface area contributed by atoms with Gasteiger partial charge >= 0.3 is 0 Å². The number of carbonyl (C=O) groups is 2. The molecule has 1 N–H and O–H groups in total. The first kappa shape index (κ1) is 17.7. The van der Waals surface area contributed by atoms with Gasteiger partial charge in [-0.25, -0.2) is 4.39 Å². The number of hydrogen-bond donors (Lipinski definition) is 1. The molecule has 1 unspecified atom stereocenters. The normalized spacial score (nSPS) is 20.7. The van der Waals surface area contributed by atoms with Gasteiger partial charge in [0.25, 0.3) is 5.91 Å². The maximum atomic E-state index is 13.0. The standard InChI is InChI=1S/C19H21FN4O3/c20-17-3-1-14(2-4-17)6-24-7-15(5-21-24)18(27)23-8-16(9-25)19(12-23)10-22(11-19)13-26/h1-5,7,13,16,25H,6,8-12H2. The zero-order chi connectivity index (χ0) is 19.0. The van der Waals surface area contributed by atoms with Crippen LogP contribution in [0.25, 0.3) is 0 Å². The second-order valence-corrected chi connectivity index (χ2v) is 7.49. The number of carbonyl (C=O) groups excluding carboxylic acids is 2. The predicted molar refractivity (Wildman–Crippen MR) is 94.3 cm³/mol. The third-order valence-corrected chi connectivity index (χ3v) is 5.64. The topological polar surface area (TPSA) is 78.7 Å². The molecule has 2 amide bonds. The van der Waals surface area contributed by atoms with E-state index in [1.165, 1.54) is 18.3 Å². The average molecular weight is 372 g/mol. The zero-order valence-electron chi connectivity index (χ0n) is 14.8. The van der Waals surface area contributed by atoms with E-state index in [2.05, 4.69) is 5.10 Å². The highest BCUT2D eigenvalue weighted by Gasteiger charge is 2.54. The summed E-state index contributed by atoms with van der Waals surface area (Å²) in [5.41, 5.74) is 1.18. The van der Waals surface area contributed by atoms with Gasteiger partial charge in [-0.2, -0.15) is 5.10 Å². The van der Waals surface area contributed by atoms with Crippen molar-refractivity contribution in [3.05, 3.63) is 53.6 Å². The highest BCUT2D eigenvalue weighted by Crippen LogP contribution is 2.43. The minimum atomic E-state index is -0.291. The third-order valence-electron chi connectivity index (χ3n) is 5.64. The number of aliphatic hydroxyl groups excluding tert-OH is 1. The van der Waals surface area contributed by atoms with Gasteiger partial charge in [-0.3, -0.25) is 14.3 Å². The molecule has 2 aliphatic rings. The summed E-state index contributed by atoms with van der Waals surface area (Å²) in [5.74, 6) is -0.437. The molecular formula is C19H21FN4O3. The zero-order valence-corrected chi connectivity index (χ0v) is 14.8. The largest absolute Gasteiger partial charge is 0.396 e. The number of halogens is 1. The molecule has 4 rings (SSSR count). The molecule has 1 aromatic heterocycles. The van der Waals surface area contributed by atoms with Crippen LogP contribution in [0, 0.1) is 17.2 Å². The van der Waals surface area contributed by atoms with Crippen molar-refractivity contribution in [3.63, 3.8) is 0 Å². The average Bonchev–Trinajstić information content (AvgIpc) is 3.26. The SMILES string of the molecule is O=CN1CC2(C1)CN(C(=O)c1cnn(Cc3ccc(F)cc3)c1)CC2CO. The summed E-state index contributed by atoms with van der Waals surface area (Å²) >= 11 is 0. The lowest BCUT2D eigenvalue weighted by atomic mass is 9.72. The molecule has 2 fully saturated rings. The molecule has 0 bridgehead atoms. The predicted octanol–water partition coefficient (Wildman–Crippen LogP) is 0.593. The fourth-order valence-electron chi connectivity index (χ4n) is 4.15. The van der Waals surface area contributed by atoms with Crippen molar-refractivity contribution in [2.75, 3.05) is 32.8 Å². The molecule has 142 valence electrons. The van der Waals surface area contributed by atoms with Crippen LogP contribution in [0.4, 0.5) is 4.39 Å². The van der Waals surface area contributed by atoms with E-state index >= 15 is 0 Å². The number of rotatable bonds is 5. The maximum absolute atomic E-state index is 13.0. The summed E-state index contributed by atoms with van der Waals surface area (Å²) in [4.78, 5) is 27.1. The van der Waals surface area contributed by atoms with Crippen molar-refractivity contribution in [2.24, 2.45) is 11.3 Å². The Hall–Kier alpha value is -2.74. The molecule has 2 aromatic rings. The Morgan fingerprint density at radius 1 is 1.30 bits per heavy atom. The highest BCUT2D eigenvalue weighted by atomic mass is 19.1. The van der Waals surface area contributed by atoms with Crippen molar-refractivity contribution in [2.45, 2.75) is 6.54 Å². The van der Waals surface area contributed by atoms with Crippen LogP contribution in [0.15, 0.2) is 36.7 Å².